The van der Waals surface area contributed by atoms with E-state index in [-0.39, 0.29) is 37.4 Å². The number of amides is 2. The predicted octanol–water partition coefficient (Wildman–Crippen LogP) is 3.21. The zero-order chi connectivity index (χ0) is 27.6. The lowest BCUT2D eigenvalue weighted by molar-refractivity contribution is -0.144. The lowest BCUT2D eigenvalue weighted by Crippen LogP contribution is -2.47. The number of nitrogens with one attached hydrogen (secondary N) is 2. The Labute approximate surface area is 229 Å². The molecule has 0 aliphatic carbocycles. The van der Waals surface area contributed by atoms with Crippen LogP contribution in [0.4, 0.5) is 17.1 Å². The first-order valence-corrected chi connectivity index (χ1v) is 13.6. The van der Waals surface area contributed by atoms with Crippen LogP contribution in [-0.4, -0.2) is 76.9 Å². The summed E-state index contributed by atoms with van der Waals surface area (Å²) in [5.41, 5.74) is 2.85. The Bertz CT molecular complexity index is 1140. The zero-order valence-electron chi connectivity index (χ0n) is 22.7. The quantitative estimate of drug-likeness (QED) is 0.420. The first-order valence-electron chi connectivity index (χ1n) is 13.6. The van der Waals surface area contributed by atoms with Gasteiger partial charge in [-0.3, -0.25) is 14.4 Å². The number of piperazine rings is 1. The standard InChI is InChI=1S/C29H38N4O6/c1-3-38-28(35)13-12-27(34)31-21-10-11-24(23(19-21)29(36)30-20-22-7-6-18-39-22)32-14-16-33(17-15-32)25-8-4-5-9-26(25)37-2/h4-5,8-11,19,22H,3,6-7,12-18,20H2,1-2H3,(H,30,36)(H,31,34). The van der Waals surface area contributed by atoms with Crippen molar-refractivity contribution in [2.24, 2.45) is 0 Å². The van der Waals surface area contributed by atoms with Gasteiger partial charge in [0.1, 0.15) is 5.75 Å². The van der Waals surface area contributed by atoms with Gasteiger partial charge in [-0.25, -0.2) is 0 Å². The maximum Gasteiger partial charge on any atom is 0.306 e. The Morgan fingerprint density at radius 1 is 1.00 bits per heavy atom. The molecule has 2 saturated heterocycles. The second-order valence-corrected chi connectivity index (χ2v) is 9.58. The highest BCUT2D eigenvalue weighted by Crippen LogP contribution is 2.31. The van der Waals surface area contributed by atoms with E-state index in [1.807, 2.05) is 24.3 Å². The number of para-hydroxylation sites is 2. The summed E-state index contributed by atoms with van der Waals surface area (Å²) in [6.07, 6.45) is 1.95. The Balaban J connectivity index is 1.46. The van der Waals surface area contributed by atoms with Gasteiger partial charge in [-0.15, -0.1) is 0 Å². The average Bonchev–Trinajstić information content (AvgIpc) is 3.49. The summed E-state index contributed by atoms with van der Waals surface area (Å²) in [6, 6.07) is 13.3. The number of hydrogen-bond acceptors (Lipinski definition) is 8. The molecule has 2 N–H and O–H groups in total. The summed E-state index contributed by atoms with van der Waals surface area (Å²) in [5, 5.41) is 5.82. The molecule has 2 amide bonds. The third kappa shape index (κ3) is 7.63. The van der Waals surface area contributed by atoms with Crippen LogP contribution in [0, 0.1) is 0 Å². The molecule has 0 bridgehead atoms. The topological polar surface area (TPSA) is 109 Å². The van der Waals surface area contributed by atoms with Crippen molar-refractivity contribution >= 4 is 34.8 Å². The molecule has 2 heterocycles. The Morgan fingerprint density at radius 2 is 1.74 bits per heavy atom. The maximum atomic E-state index is 13.4. The van der Waals surface area contributed by atoms with Crippen LogP contribution in [0.5, 0.6) is 5.75 Å². The molecule has 0 saturated carbocycles. The number of hydrogen-bond donors (Lipinski definition) is 2. The summed E-state index contributed by atoms with van der Waals surface area (Å²) >= 11 is 0. The molecule has 0 spiro atoms. The number of anilines is 3. The number of carbonyl (C=O) groups excluding carboxylic acids is 3. The van der Waals surface area contributed by atoms with Crippen LogP contribution in [0.15, 0.2) is 42.5 Å². The van der Waals surface area contributed by atoms with E-state index in [1.165, 1.54) is 0 Å². The van der Waals surface area contributed by atoms with E-state index in [4.69, 9.17) is 14.2 Å². The highest BCUT2D eigenvalue weighted by atomic mass is 16.5. The minimum absolute atomic E-state index is 0.00294. The van der Waals surface area contributed by atoms with E-state index in [0.717, 1.165) is 62.8 Å². The Kier molecular flexibility index (Phi) is 10.0. The summed E-state index contributed by atoms with van der Waals surface area (Å²) in [7, 11) is 1.67. The third-order valence-electron chi connectivity index (χ3n) is 6.95. The Morgan fingerprint density at radius 3 is 2.44 bits per heavy atom. The van der Waals surface area contributed by atoms with Crippen LogP contribution < -0.4 is 25.2 Å². The number of nitrogens with zero attached hydrogens (tertiary/aromatic N) is 2. The minimum atomic E-state index is -0.413. The van der Waals surface area contributed by atoms with Crippen molar-refractivity contribution in [1.29, 1.82) is 0 Å². The SMILES string of the molecule is CCOC(=O)CCC(=O)Nc1ccc(N2CCN(c3ccccc3OC)CC2)c(C(=O)NCC2CCCO2)c1. The third-order valence-corrected chi connectivity index (χ3v) is 6.95. The molecule has 10 nitrogen and oxygen atoms in total. The molecule has 2 aromatic carbocycles. The Hall–Kier alpha value is -3.79. The molecule has 2 aliphatic heterocycles. The largest absolute Gasteiger partial charge is 0.495 e. The summed E-state index contributed by atoms with van der Waals surface area (Å²) < 4.78 is 16.1. The lowest BCUT2D eigenvalue weighted by Gasteiger charge is -2.38. The highest BCUT2D eigenvalue weighted by Gasteiger charge is 2.25. The van der Waals surface area contributed by atoms with Crippen LogP contribution >= 0.6 is 0 Å². The fourth-order valence-electron chi connectivity index (χ4n) is 4.93. The van der Waals surface area contributed by atoms with Gasteiger partial charge in [0.15, 0.2) is 0 Å². The van der Waals surface area contributed by atoms with E-state index < -0.39 is 5.97 Å². The molecular weight excluding hydrogens is 500 g/mol. The number of rotatable bonds is 11. The van der Waals surface area contributed by atoms with Gasteiger partial charge in [-0.1, -0.05) is 12.1 Å². The molecule has 39 heavy (non-hydrogen) atoms. The number of esters is 1. The van der Waals surface area contributed by atoms with Gasteiger partial charge in [-0.2, -0.15) is 0 Å². The number of methoxy groups -OCH3 is 1. The second-order valence-electron chi connectivity index (χ2n) is 9.58. The summed E-state index contributed by atoms with van der Waals surface area (Å²) in [5.74, 6) is -0.102. The van der Waals surface area contributed by atoms with Gasteiger partial charge in [0.25, 0.3) is 5.91 Å². The molecule has 2 aliphatic rings. The van der Waals surface area contributed by atoms with Crippen molar-refractivity contribution in [3.63, 3.8) is 0 Å². The normalized spacial score (nSPS) is 17.0. The molecular formula is C29H38N4O6. The van der Waals surface area contributed by atoms with E-state index >= 15 is 0 Å². The van der Waals surface area contributed by atoms with Gasteiger partial charge in [-0.05, 0) is 50.1 Å². The number of benzene rings is 2. The fraction of sp³-hybridized carbons (Fsp3) is 0.483. The molecule has 1 atom stereocenters. The van der Waals surface area contributed by atoms with E-state index in [1.54, 1.807) is 26.2 Å². The van der Waals surface area contributed by atoms with E-state index in [2.05, 4.69) is 26.5 Å². The molecule has 1 unspecified atom stereocenters. The van der Waals surface area contributed by atoms with Gasteiger partial charge in [0, 0.05) is 57.1 Å². The van der Waals surface area contributed by atoms with Crippen molar-refractivity contribution in [1.82, 2.24) is 5.32 Å². The predicted molar refractivity (Wildman–Crippen MR) is 150 cm³/mol. The van der Waals surface area contributed by atoms with Crippen molar-refractivity contribution in [2.75, 3.05) is 68.2 Å². The van der Waals surface area contributed by atoms with Gasteiger partial charge in [0.05, 0.1) is 37.5 Å². The fourth-order valence-corrected chi connectivity index (χ4v) is 4.93. The maximum absolute atomic E-state index is 13.4. The smallest absolute Gasteiger partial charge is 0.306 e. The van der Waals surface area contributed by atoms with Crippen molar-refractivity contribution in [2.45, 2.75) is 38.7 Å². The van der Waals surface area contributed by atoms with Crippen LogP contribution in [0.25, 0.3) is 0 Å². The second kappa shape index (κ2) is 13.8. The van der Waals surface area contributed by atoms with Crippen LogP contribution in [0.3, 0.4) is 0 Å². The molecule has 0 radical (unpaired) electrons. The first kappa shape index (κ1) is 28.2. The van der Waals surface area contributed by atoms with Gasteiger partial charge in [0.2, 0.25) is 5.91 Å². The van der Waals surface area contributed by atoms with E-state index in [0.29, 0.717) is 17.8 Å². The van der Waals surface area contributed by atoms with Crippen LogP contribution in [0.1, 0.15) is 43.0 Å². The molecule has 2 fully saturated rings. The van der Waals surface area contributed by atoms with Crippen molar-refractivity contribution in [3.8, 4) is 5.75 Å². The van der Waals surface area contributed by atoms with Gasteiger partial charge >= 0.3 is 5.97 Å². The number of ether oxygens (including phenoxy) is 3. The minimum Gasteiger partial charge on any atom is -0.495 e. The lowest BCUT2D eigenvalue weighted by atomic mass is 10.1. The summed E-state index contributed by atoms with van der Waals surface area (Å²) in [4.78, 5) is 41.9. The summed E-state index contributed by atoms with van der Waals surface area (Å²) in [6.45, 7) is 6.13. The highest BCUT2D eigenvalue weighted by molar-refractivity contribution is 6.02. The van der Waals surface area contributed by atoms with Crippen molar-refractivity contribution < 1.29 is 28.6 Å². The van der Waals surface area contributed by atoms with Crippen LogP contribution in [0.2, 0.25) is 0 Å². The van der Waals surface area contributed by atoms with Crippen LogP contribution in [-0.2, 0) is 19.1 Å². The first-order chi connectivity index (χ1) is 19.0. The monoisotopic (exact) mass is 538 g/mol. The number of carbonyl (C=O) groups is 3. The molecule has 210 valence electrons. The molecule has 0 aromatic heterocycles. The van der Waals surface area contributed by atoms with Gasteiger partial charge < -0.3 is 34.6 Å². The molecule has 10 heteroatoms. The molecule has 2 aromatic rings. The zero-order valence-corrected chi connectivity index (χ0v) is 22.7. The van der Waals surface area contributed by atoms with Crippen molar-refractivity contribution in [3.05, 3.63) is 48.0 Å². The average molecular weight is 539 g/mol. The molecule has 4 rings (SSSR count). The van der Waals surface area contributed by atoms with E-state index in [9.17, 15) is 14.4 Å².